The van der Waals surface area contributed by atoms with E-state index in [9.17, 15) is 14.0 Å². The van der Waals surface area contributed by atoms with E-state index < -0.39 is 24.3 Å². The first-order valence-electron chi connectivity index (χ1n) is 9.45. The van der Waals surface area contributed by atoms with Crippen molar-refractivity contribution in [3.63, 3.8) is 0 Å². The first kappa shape index (κ1) is 21.9. The summed E-state index contributed by atoms with van der Waals surface area (Å²) in [4.78, 5) is 26.0. The Kier molecular flexibility index (Phi) is 7.26. The number of hydrogen-bond acceptors (Lipinski definition) is 6. The molecule has 1 heterocycles. The maximum absolute atomic E-state index is 13.8. The number of amides is 1. The van der Waals surface area contributed by atoms with Crippen LogP contribution in [-0.4, -0.2) is 37.5 Å². The Morgan fingerprint density at radius 1 is 1.10 bits per heavy atom. The molecule has 3 aromatic rings. The normalized spacial score (nSPS) is 10.4. The Morgan fingerprint density at radius 3 is 2.58 bits per heavy atom. The quantitative estimate of drug-likeness (QED) is 0.483. The summed E-state index contributed by atoms with van der Waals surface area (Å²) >= 11 is 0. The fourth-order valence-corrected chi connectivity index (χ4v) is 2.78. The number of esters is 1. The Morgan fingerprint density at radius 2 is 1.87 bits per heavy atom. The summed E-state index contributed by atoms with van der Waals surface area (Å²) in [5.41, 5.74) is 1.08. The van der Waals surface area contributed by atoms with Gasteiger partial charge in [-0.05, 0) is 35.9 Å². The van der Waals surface area contributed by atoms with Crippen molar-refractivity contribution in [2.24, 2.45) is 0 Å². The molecule has 2 aromatic carbocycles. The summed E-state index contributed by atoms with van der Waals surface area (Å²) in [5.74, 6) is -0.988. The number of methoxy groups -OCH3 is 1. The molecule has 162 valence electrons. The summed E-state index contributed by atoms with van der Waals surface area (Å²) in [6.45, 7) is -0.219. The van der Waals surface area contributed by atoms with Gasteiger partial charge < -0.3 is 23.5 Å². The lowest BCUT2D eigenvalue weighted by Gasteiger charge is -2.17. The lowest BCUT2D eigenvalue weighted by atomic mass is 10.2. The summed E-state index contributed by atoms with van der Waals surface area (Å²) in [7, 11) is 2.91. The molecule has 0 unspecified atom stereocenters. The van der Waals surface area contributed by atoms with Crippen LogP contribution < -0.4 is 9.47 Å². The summed E-state index contributed by atoms with van der Waals surface area (Å²) in [6, 6.07) is 15.2. The Hall–Kier alpha value is -3.81. The van der Waals surface area contributed by atoms with Crippen molar-refractivity contribution in [2.45, 2.75) is 13.2 Å². The van der Waals surface area contributed by atoms with E-state index in [1.165, 1.54) is 37.5 Å². The van der Waals surface area contributed by atoms with Gasteiger partial charge in [-0.25, -0.2) is 9.18 Å². The van der Waals surface area contributed by atoms with E-state index in [2.05, 4.69) is 0 Å². The predicted molar refractivity (Wildman–Crippen MR) is 109 cm³/mol. The first-order valence-corrected chi connectivity index (χ1v) is 9.45. The number of carbonyl (C=O) groups is 2. The van der Waals surface area contributed by atoms with Crippen LogP contribution in [0.4, 0.5) is 4.39 Å². The molecule has 0 N–H and O–H groups in total. The van der Waals surface area contributed by atoms with Crippen molar-refractivity contribution in [1.29, 1.82) is 0 Å². The lowest BCUT2D eigenvalue weighted by Crippen LogP contribution is -2.31. The highest BCUT2D eigenvalue weighted by Crippen LogP contribution is 2.19. The van der Waals surface area contributed by atoms with Crippen LogP contribution in [0.5, 0.6) is 11.5 Å². The average molecular weight is 427 g/mol. The van der Waals surface area contributed by atoms with Crippen LogP contribution in [0.2, 0.25) is 0 Å². The van der Waals surface area contributed by atoms with Crippen LogP contribution in [0.3, 0.4) is 0 Å². The summed E-state index contributed by atoms with van der Waals surface area (Å²) in [6.07, 6.45) is 1.35. The van der Waals surface area contributed by atoms with E-state index in [1.807, 2.05) is 18.2 Å². The van der Waals surface area contributed by atoms with Gasteiger partial charge in [0, 0.05) is 19.2 Å². The molecule has 31 heavy (non-hydrogen) atoms. The number of benzene rings is 2. The second kappa shape index (κ2) is 10.3. The van der Waals surface area contributed by atoms with Crippen LogP contribution in [-0.2, 0) is 22.7 Å². The highest BCUT2D eigenvalue weighted by Gasteiger charge is 2.20. The number of halogens is 1. The van der Waals surface area contributed by atoms with E-state index in [4.69, 9.17) is 18.6 Å². The zero-order chi connectivity index (χ0) is 22.2. The maximum atomic E-state index is 13.8. The van der Waals surface area contributed by atoms with E-state index in [-0.39, 0.29) is 24.7 Å². The molecule has 0 saturated heterocycles. The number of hydrogen-bond donors (Lipinski definition) is 0. The molecule has 0 saturated carbocycles. The highest BCUT2D eigenvalue weighted by molar-refractivity contribution is 5.90. The van der Waals surface area contributed by atoms with Gasteiger partial charge in [0.1, 0.15) is 12.4 Å². The maximum Gasteiger partial charge on any atom is 0.375 e. The number of carbonyl (C=O) groups excluding carboxylic acids is 2. The fourth-order valence-electron chi connectivity index (χ4n) is 2.78. The molecule has 0 spiro atoms. The summed E-state index contributed by atoms with van der Waals surface area (Å²) in [5, 5.41) is 0. The van der Waals surface area contributed by atoms with Crippen molar-refractivity contribution in [3.05, 3.63) is 83.6 Å². The van der Waals surface area contributed by atoms with Crippen LogP contribution in [0.1, 0.15) is 21.7 Å². The monoisotopic (exact) mass is 427 g/mol. The Labute approximate surface area is 178 Å². The molecule has 0 aliphatic heterocycles. The predicted octanol–water partition coefficient (Wildman–Crippen LogP) is 3.82. The van der Waals surface area contributed by atoms with Gasteiger partial charge in [-0.3, -0.25) is 4.79 Å². The third-order valence-electron chi connectivity index (χ3n) is 4.46. The lowest BCUT2D eigenvalue weighted by molar-refractivity contribution is -0.133. The topological polar surface area (TPSA) is 78.2 Å². The highest BCUT2D eigenvalue weighted by atomic mass is 19.1. The fraction of sp³-hybridized carbons (Fsp3) is 0.217. The molecule has 3 rings (SSSR count). The minimum absolute atomic E-state index is 0.0244. The zero-order valence-electron chi connectivity index (χ0n) is 17.2. The van der Waals surface area contributed by atoms with E-state index in [0.29, 0.717) is 16.9 Å². The third-order valence-corrected chi connectivity index (χ3v) is 4.46. The van der Waals surface area contributed by atoms with Crippen LogP contribution in [0, 0.1) is 5.82 Å². The molecule has 0 bridgehead atoms. The van der Waals surface area contributed by atoms with Crippen molar-refractivity contribution >= 4 is 11.9 Å². The van der Waals surface area contributed by atoms with Crippen LogP contribution >= 0.6 is 0 Å². The molecule has 8 heteroatoms. The van der Waals surface area contributed by atoms with Gasteiger partial charge in [-0.15, -0.1) is 0 Å². The smallest absolute Gasteiger partial charge is 0.375 e. The molecule has 0 fully saturated rings. The first-order chi connectivity index (χ1) is 15.0. The number of para-hydroxylation sites is 1. The molecule has 1 aromatic heterocycles. The number of rotatable bonds is 9. The summed E-state index contributed by atoms with van der Waals surface area (Å²) < 4.78 is 34.6. The number of likely N-dealkylation sites (N-methyl/N-ethyl adjacent to an activating group) is 1. The minimum Gasteiger partial charge on any atom is -0.494 e. The van der Waals surface area contributed by atoms with Crippen molar-refractivity contribution in [2.75, 3.05) is 20.8 Å². The van der Waals surface area contributed by atoms with Crippen LogP contribution in [0.25, 0.3) is 0 Å². The Bertz CT molecular complexity index is 1030. The standard InChI is InChI=1S/C23H22FNO6/c1-25(13-16-8-9-20(28-2)19(24)12-16)21(26)15-31-23(27)22-17(10-11-29-22)14-30-18-6-4-3-5-7-18/h3-12H,13-15H2,1-2H3. The molecule has 1 amide bonds. The number of nitrogens with zero attached hydrogens (tertiary/aromatic N) is 1. The second-order valence-corrected chi connectivity index (χ2v) is 6.67. The number of furan rings is 1. The van der Waals surface area contributed by atoms with Crippen LogP contribution in [0.15, 0.2) is 65.3 Å². The van der Waals surface area contributed by atoms with E-state index in [0.717, 1.165) is 0 Å². The van der Waals surface area contributed by atoms with Gasteiger partial charge in [0.2, 0.25) is 5.76 Å². The van der Waals surface area contributed by atoms with Crippen molar-refractivity contribution in [3.8, 4) is 11.5 Å². The van der Waals surface area contributed by atoms with Gasteiger partial charge in [0.05, 0.1) is 13.4 Å². The van der Waals surface area contributed by atoms with Gasteiger partial charge in [-0.1, -0.05) is 24.3 Å². The third kappa shape index (κ3) is 5.85. The molecular weight excluding hydrogens is 405 g/mol. The average Bonchev–Trinajstić information content (AvgIpc) is 3.25. The molecule has 0 aliphatic carbocycles. The molecule has 0 atom stereocenters. The molecule has 0 radical (unpaired) electrons. The second-order valence-electron chi connectivity index (χ2n) is 6.67. The van der Waals surface area contributed by atoms with Gasteiger partial charge in [0.15, 0.2) is 18.2 Å². The van der Waals surface area contributed by atoms with Gasteiger partial charge in [0.25, 0.3) is 5.91 Å². The van der Waals surface area contributed by atoms with E-state index >= 15 is 0 Å². The number of ether oxygens (including phenoxy) is 3. The van der Waals surface area contributed by atoms with Crippen molar-refractivity contribution < 1.29 is 32.6 Å². The van der Waals surface area contributed by atoms with Gasteiger partial charge >= 0.3 is 5.97 Å². The Balaban J connectivity index is 1.51. The van der Waals surface area contributed by atoms with Gasteiger partial charge in [-0.2, -0.15) is 0 Å². The largest absolute Gasteiger partial charge is 0.494 e. The molecular formula is C23H22FNO6. The SMILES string of the molecule is COc1ccc(CN(C)C(=O)COC(=O)c2occc2COc2ccccc2)cc1F. The zero-order valence-corrected chi connectivity index (χ0v) is 17.2. The van der Waals surface area contributed by atoms with E-state index in [1.54, 1.807) is 24.3 Å². The molecule has 7 nitrogen and oxygen atoms in total. The molecule has 0 aliphatic rings. The van der Waals surface area contributed by atoms with Crippen molar-refractivity contribution in [1.82, 2.24) is 4.90 Å². The minimum atomic E-state index is -0.770.